The Kier molecular flexibility index (Phi) is 9.14. The highest BCUT2D eigenvalue weighted by molar-refractivity contribution is 14.0. The first kappa shape index (κ1) is 23.1. The van der Waals surface area contributed by atoms with E-state index in [1.807, 2.05) is 12.1 Å². The number of rotatable bonds is 7. The van der Waals surface area contributed by atoms with Crippen molar-refractivity contribution < 1.29 is 4.74 Å². The second kappa shape index (κ2) is 11.1. The lowest BCUT2D eigenvalue weighted by molar-refractivity contribution is 0.252. The van der Waals surface area contributed by atoms with Gasteiger partial charge in [0.15, 0.2) is 5.96 Å². The van der Waals surface area contributed by atoms with Gasteiger partial charge in [-0.05, 0) is 58.0 Å². The predicted octanol–water partition coefficient (Wildman–Crippen LogP) is 2.88. The van der Waals surface area contributed by atoms with Crippen LogP contribution in [0.5, 0.6) is 5.75 Å². The maximum Gasteiger partial charge on any atom is 0.194 e. The second-order valence-electron chi connectivity index (χ2n) is 7.61. The average Bonchev–Trinajstić information content (AvgIpc) is 3.56. The third-order valence-corrected chi connectivity index (χ3v) is 5.68. The van der Waals surface area contributed by atoms with Crippen molar-refractivity contribution in [2.24, 2.45) is 4.99 Å². The van der Waals surface area contributed by atoms with Gasteiger partial charge in [0.25, 0.3) is 0 Å². The number of methoxy groups -OCH3 is 1. The minimum absolute atomic E-state index is 0. The van der Waals surface area contributed by atoms with Crippen LogP contribution in [0.3, 0.4) is 0 Å². The summed E-state index contributed by atoms with van der Waals surface area (Å²) in [4.78, 5) is 12.3. The van der Waals surface area contributed by atoms with Gasteiger partial charge in [-0.3, -0.25) is 9.89 Å². The minimum atomic E-state index is 0. The molecule has 1 aromatic carbocycles. The number of likely N-dealkylation sites (N-methyl/N-ethyl adjacent to an activating group) is 1. The molecule has 0 spiro atoms. The molecule has 158 valence electrons. The molecule has 0 amide bonds. The molecule has 1 aromatic rings. The molecule has 1 N–H and O–H groups in total. The highest BCUT2D eigenvalue weighted by Gasteiger charge is 2.29. The standard InChI is InChI=1S/C21H35N5O.HI/c1-5-22-21(23-16-17(2)24(3)18-6-7-18)26-14-12-25(13-15-26)19-8-10-20(27-4)11-9-19;/h8-11,17-18H,5-7,12-16H2,1-4H3,(H,22,23);1H. The van der Waals surface area contributed by atoms with Crippen molar-refractivity contribution in [1.29, 1.82) is 0 Å². The molecule has 0 aromatic heterocycles. The molecule has 2 aliphatic rings. The molecule has 0 bridgehead atoms. The molecule has 2 fully saturated rings. The molecule has 1 saturated heterocycles. The van der Waals surface area contributed by atoms with E-state index in [1.54, 1.807) is 7.11 Å². The summed E-state index contributed by atoms with van der Waals surface area (Å²) in [6.45, 7) is 10.2. The lowest BCUT2D eigenvalue weighted by Gasteiger charge is -2.38. The zero-order valence-corrected chi connectivity index (χ0v) is 20.1. The van der Waals surface area contributed by atoms with Crippen molar-refractivity contribution in [2.45, 2.75) is 38.8 Å². The number of piperazine rings is 1. The molecular formula is C21H36IN5O. The fourth-order valence-electron chi connectivity index (χ4n) is 3.58. The van der Waals surface area contributed by atoms with Crippen LogP contribution in [0, 0.1) is 0 Å². The van der Waals surface area contributed by atoms with Crippen LogP contribution in [0.4, 0.5) is 5.69 Å². The molecule has 0 radical (unpaired) electrons. The molecule has 3 rings (SSSR count). The molecule has 1 saturated carbocycles. The maximum absolute atomic E-state index is 5.26. The summed E-state index contributed by atoms with van der Waals surface area (Å²) in [7, 11) is 3.94. The Balaban J connectivity index is 0.00000280. The molecule has 1 aliphatic carbocycles. The van der Waals surface area contributed by atoms with E-state index in [4.69, 9.17) is 9.73 Å². The zero-order chi connectivity index (χ0) is 19.2. The number of halogens is 1. The van der Waals surface area contributed by atoms with Crippen LogP contribution in [0.25, 0.3) is 0 Å². The highest BCUT2D eigenvalue weighted by Crippen LogP contribution is 2.27. The van der Waals surface area contributed by atoms with E-state index in [1.165, 1.54) is 18.5 Å². The minimum Gasteiger partial charge on any atom is -0.497 e. The van der Waals surface area contributed by atoms with E-state index in [2.05, 4.69) is 53.0 Å². The summed E-state index contributed by atoms with van der Waals surface area (Å²) in [6, 6.07) is 9.63. The van der Waals surface area contributed by atoms with Crippen LogP contribution in [0.2, 0.25) is 0 Å². The van der Waals surface area contributed by atoms with Gasteiger partial charge in [0.1, 0.15) is 5.75 Å². The number of nitrogens with zero attached hydrogens (tertiary/aromatic N) is 4. The summed E-state index contributed by atoms with van der Waals surface area (Å²) < 4.78 is 5.26. The second-order valence-corrected chi connectivity index (χ2v) is 7.61. The smallest absolute Gasteiger partial charge is 0.194 e. The van der Waals surface area contributed by atoms with E-state index < -0.39 is 0 Å². The van der Waals surface area contributed by atoms with Gasteiger partial charge >= 0.3 is 0 Å². The molecule has 1 atom stereocenters. The van der Waals surface area contributed by atoms with Crippen LogP contribution < -0.4 is 15.0 Å². The topological polar surface area (TPSA) is 43.3 Å². The van der Waals surface area contributed by atoms with Gasteiger partial charge in [0, 0.05) is 50.5 Å². The quantitative estimate of drug-likeness (QED) is 0.354. The number of anilines is 1. The Bertz CT molecular complexity index is 612. The first-order valence-corrected chi connectivity index (χ1v) is 10.3. The van der Waals surface area contributed by atoms with Crippen LogP contribution in [0.1, 0.15) is 26.7 Å². The van der Waals surface area contributed by atoms with E-state index in [0.29, 0.717) is 6.04 Å². The normalized spacial score (nSPS) is 18.7. The molecule has 7 heteroatoms. The van der Waals surface area contributed by atoms with Gasteiger partial charge in [0.2, 0.25) is 0 Å². The maximum atomic E-state index is 5.26. The van der Waals surface area contributed by atoms with E-state index in [-0.39, 0.29) is 24.0 Å². The monoisotopic (exact) mass is 501 g/mol. The zero-order valence-electron chi connectivity index (χ0n) is 17.7. The van der Waals surface area contributed by atoms with Crippen molar-refractivity contribution in [2.75, 3.05) is 58.3 Å². The van der Waals surface area contributed by atoms with E-state index in [0.717, 1.165) is 57.0 Å². The van der Waals surface area contributed by atoms with Crippen molar-refractivity contribution in [1.82, 2.24) is 15.1 Å². The lowest BCUT2D eigenvalue weighted by Crippen LogP contribution is -2.52. The van der Waals surface area contributed by atoms with Crippen molar-refractivity contribution in [3.8, 4) is 5.75 Å². The molecule has 6 nitrogen and oxygen atoms in total. The van der Waals surface area contributed by atoms with Crippen molar-refractivity contribution >= 4 is 35.6 Å². The van der Waals surface area contributed by atoms with Gasteiger partial charge < -0.3 is 19.9 Å². The summed E-state index contributed by atoms with van der Waals surface area (Å²) in [6.07, 6.45) is 2.69. The number of ether oxygens (including phenoxy) is 1. The summed E-state index contributed by atoms with van der Waals surface area (Å²) in [5, 5.41) is 3.48. The summed E-state index contributed by atoms with van der Waals surface area (Å²) >= 11 is 0. The number of hydrogen-bond acceptors (Lipinski definition) is 4. The first-order chi connectivity index (χ1) is 13.1. The van der Waals surface area contributed by atoms with Crippen molar-refractivity contribution in [3.63, 3.8) is 0 Å². The van der Waals surface area contributed by atoms with Gasteiger partial charge in [0.05, 0.1) is 13.7 Å². The number of aliphatic imine (C=N–C) groups is 1. The van der Waals surface area contributed by atoms with Gasteiger partial charge in [-0.25, -0.2) is 0 Å². The SMILES string of the molecule is CCNC(=NCC(C)N(C)C1CC1)N1CCN(c2ccc(OC)cc2)CC1.I. The third-order valence-electron chi connectivity index (χ3n) is 5.68. The fraction of sp³-hybridized carbons (Fsp3) is 0.667. The Hall–Kier alpha value is -1.22. The van der Waals surface area contributed by atoms with Gasteiger partial charge in [-0.2, -0.15) is 0 Å². The van der Waals surface area contributed by atoms with Crippen molar-refractivity contribution in [3.05, 3.63) is 24.3 Å². The third kappa shape index (κ3) is 6.14. The van der Waals surface area contributed by atoms with Gasteiger partial charge in [-0.15, -0.1) is 24.0 Å². The number of guanidine groups is 1. The molecular weight excluding hydrogens is 465 g/mol. The number of hydrogen-bond donors (Lipinski definition) is 1. The molecule has 1 heterocycles. The molecule has 28 heavy (non-hydrogen) atoms. The molecule has 1 unspecified atom stereocenters. The number of nitrogens with one attached hydrogen (secondary N) is 1. The Morgan fingerprint density at radius 2 is 1.86 bits per heavy atom. The number of benzene rings is 1. The summed E-state index contributed by atoms with van der Waals surface area (Å²) in [5.74, 6) is 1.96. The Labute approximate surface area is 187 Å². The largest absolute Gasteiger partial charge is 0.497 e. The fourth-order valence-corrected chi connectivity index (χ4v) is 3.58. The average molecular weight is 501 g/mol. The van der Waals surface area contributed by atoms with Gasteiger partial charge in [-0.1, -0.05) is 0 Å². The first-order valence-electron chi connectivity index (χ1n) is 10.3. The van der Waals surface area contributed by atoms with E-state index >= 15 is 0 Å². The lowest BCUT2D eigenvalue weighted by atomic mass is 10.2. The molecule has 1 aliphatic heterocycles. The van der Waals surface area contributed by atoms with Crippen LogP contribution in [-0.2, 0) is 0 Å². The Morgan fingerprint density at radius 1 is 1.21 bits per heavy atom. The Morgan fingerprint density at radius 3 is 2.39 bits per heavy atom. The summed E-state index contributed by atoms with van der Waals surface area (Å²) in [5.41, 5.74) is 1.26. The van der Waals surface area contributed by atoms with Crippen LogP contribution >= 0.6 is 24.0 Å². The van der Waals surface area contributed by atoms with Crippen LogP contribution in [0.15, 0.2) is 29.3 Å². The highest BCUT2D eigenvalue weighted by atomic mass is 127. The van der Waals surface area contributed by atoms with E-state index in [9.17, 15) is 0 Å². The van der Waals surface area contributed by atoms with Crippen LogP contribution in [-0.4, -0.2) is 81.3 Å². The predicted molar refractivity (Wildman–Crippen MR) is 128 cm³/mol.